The zero-order valence-corrected chi connectivity index (χ0v) is 15.9. The molecule has 2 N–H and O–H groups in total. The molecule has 1 aromatic carbocycles. The Labute approximate surface area is 170 Å². The average molecular weight is 413 g/mol. The molecule has 0 amide bonds. The van der Waals surface area contributed by atoms with E-state index in [9.17, 15) is 18.4 Å². The second-order valence-electron chi connectivity index (χ2n) is 7.07. The van der Waals surface area contributed by atoms with Crippen molar-refractivity contribution in [2.24, 2.45) is 0 Å². The van der Waals surface area contributed by atoms with Crippen molar-refractivity contribution in [2.75, 3.05) is 5.73 Å². The van der Waals surface area contributed by atoms with Gasteiger partial charge in [-0.25, -0.2) is 4.98 Å². The summed E-state index contributed by atoms with van der Waals surface area (Å²) in [5.74, 6) is 1.16. The minimum absolute atomic E-state index is 0.0496. The predicted octanol–water partition coefficient (Wildman–Crippen LogP) is 5.27. The van der Waals surface area contributed by atoms with Crippen LogP contribution >= 0.6 is 0 Å². The quantitative estimate of drug-likeness (QED) is 0.630. The lowest BCUT2D eigenvalue weighted by Gasteiger charge is -2.19. The molecule has 0 atom stereocenters. The second kappa shape index (κ2) is 7.75. The number of hydrogen-bond acceptors (Lipinski definition) is 5. The number of furan rings is 1. The van der Waals surface area contributed by atoms with E-state index in [-0.39, 0.29) is 23.7 Å². The van der Waals surface area contributed by atoms with Crippen molar-refractivity contribution in [3.8, 4) is 23.1 Å². The first-order valence-electron chi connectivity index (χ1n) is 9.47. The number of aryl methyl sites for hydroxylation is 1. The lowest BCUT2D eigenvalue weighted by atomic mass is 9.89. The molecule has 2 heterocycles. The minimum atomic E-state index is -4.44. The second-order valence-corrected chi connectivity index (χ2v) is 7.07. The van der Waals surface area contributed by atoms with E-state index in [4.69, 9.17) is 14.9 Å². The Morgan fingerprint density at radius 3 is 2.73 bits per heavy atom. The van der Waals surface area contributed by atoms with Crippen molar-refractivity contribution < 1.29 is 22.3 Å². The monoisotopic (exact) mass is 413 g/mol. The minimum Gasteiger partial charge on any atom is -0.486 e. The number of halogens is 3. The summed E-state index contributed by atoms with van der Waals surface area (Å²) < 4.78 is 49.9. The number of nitriles is 1. The molecule has 30 heavy (non-hydrogen) atoms. The molecule has 0 fully saturated rings. The number of pyridine rings is 1. The van der Waals surface area contributed by atoms with Gasteiger partial charge in [0, 0.05) is 11.3 Å². The van der Waals surface area contributed by atoms with Crippen LogP contribution in [0, 0.1) is 11.3 Å². The lowest BCUT2D eigenvalue weighted by molar-refractivity contribution is -0.137. The van der Waals surface area contributed by atoms with Crippen LogP contribution in [0.3, 0.4) is 0 Å². The van der Waals surface area contributed by atoms with E-state index in [2.05, 4.69) is 11.1 Å². The highest BCUT2D eigenvalue weighted by molar-refractivity contribution is 5.76. The van der Waals surface area contributed by atoms with Gasteiger partial charge < -0.3 is 14.9 Å². The van der Waals surface area contributed by atoms with Gasteiger partial charge in [-0.05, 0) is 61.6 Å². The molecule has 154 valence electrons. The molecule has 0 unspecified atom stereocenters. The Morgan fingerprint density at radius 1 is 1.17 bits per heavy atom. The largest absolute Gasteiger partial charge is 0.486 e. The SMILES string of the molecule is N#Cc1c(N)nc2c(c1-c1ccc(COc3cccc(C(F)(F)F)c3)o1)CCCC2. The number of hydrogen-bond donors (Lipinski definition) is 1. The summed E-state index contributed by atoms with van der Waals surface area (Å²) in [6.45, 7) is -0.0496. The third-order valence-electron chi connectivity index (χ3n) is 5.06. The molecule has 8 heteroatoms. The Hall–Kier alpha value is -3.47. The number of benzene rings is 1. The molecule has 0 saturated carbocycles. The molecule has 0 bridgehead atoms. The van der Waals surface area contributed by atoms with Crippen LogP contribution < -0.4 is 10.5 Å². The average Bonchev–Trinajstić information content (AvgIpc) is 3.19. The van der Waals surface area contributed by atoms with Gasteiger partial charge in [0.2, 0.25) is 0 Å². The molecule has 1 aliphatic carbocycles. The van der Waals surface area contributed by atoms with E-state index in [1.54, 1.807) is 12.1 Å². The molecular weight excluding hydrogens is 395 g/mol. The highest BCUT2D eigenvalue weighted by Crippen LogP contribution is 2.37. The van der Waals surface area contributed by atoms with E-state index in [0.717, 1.165) is 49.1 Å². The number of ether oxygens (including phenoxy) is 1. The maximum Gasteiger partial charge on any atom is 0.416 e. The van der Waals surface area contributed by atoms with Gasteiger partial charge in [0.25, 0.3) is 0 Å². The van der Waals surface area contributed by atoms with Crippen LogP contribution in [0.15, 0.2) is 40.8 Å². The molecule has 0 saturated heterocycles. The maximum absolute atomic E-state index is 12.8. The summed E-state index contributed by atoms with van der Waals surface area (Å²) in [6.07, 6.45) is -0.860. The number of fused-ring (bicyclic) bond motifs is 1. The standard InChI is InChI=1S/C22H18F3N3O2/c23-22(24,25)13-4-3-5-14(10-13)29-12-15-8-9-19(30-15)20-16-6-1-2-7-18(16)28-21(27)17(20)11-26/h3-5,8-10H,1-2,6-7,12H2,(H2,27,28). The van der Waals surface area contributed by atoms with Crippen LogP contribution in [0.1, 0.15) is 41.0 Å². The Balaban J connectivity index is 1.60. The zero-order valence-electron chi connectivity index (χ0n) is 15.9. The van der Waals surface area contributed by atoms with E-state index >= 15 is 0 Å². The summed E-state index contributed by atoms with van der Waals surface area (Å²) in [7, 11) is 0. The van der Waals surface area contributed by atoms with Crippen molar-refractivity contribution in [3.63, 3.8) is 0 Å². The molecule has 2 aromatic heterocycles. The number of alkyl halides is 3. The summed E-state index contributed by atoms with van der Waals surface area (Å²) in [4.78, 5) is 4.38. The summed E-state index contributed by atoms with van der Waals surface area (Å²) in [5, 5.41) is 9.58. The van der Waals surface area contributed by atoms with Gasteiger partial charge in [-0.3, -0.25) is 0 Å². The van der Waals surface area contributed by atoms with Crippen LogP contribution in [-0.2, 0) is 25.6 Å². The summed E-state index contributed by atoms with van der Waals surface area (Å²) in [6, 6.07) is 10.2. The van der Waals surface area contributed by atoms with Crippen LogP contribution in [0.2, 0.25) is 0 Å². The van der Waals surface area contributed by atoms with Crippen LogP contribution in [0.5, 0.6) is 5.75 Å². The van der Waals surface area contributed by atoms with Crippen molar-refractivity contribution in [1.29, 1.82) is 5.26 Å². The maximum atomic E-state index is 12.8. The molecule has 4 rings (SSSR count). The van der Waals surface area contributed by atoms with E-state index in [1.807, 2.05) is 0 Å². The fourth-order valence-corrected chi connectivity index (χ4v) is 3.65. The van der Waals surface area contributed by atoms with E-state index < -0.39 is 11.7 Å². The Kier molecular flexibility index (Phi) is 5.12. The zero-order chi connectivity index (χ0) is 21.3. The van der Waals surface area contributed by atoms with Gasteiger partial charge in [0.1, 0.15) is 41.3 Å². The van der Waals surface area contributed by atoms with E-state index in [1.165, 1.54) is 12.1 Å². The molecule has 0 spiro atoms. The first-order valence-corrected chi connectivity index (χ1v) is 9.47. The molecular formula is C22H18F3N3O2. The molecule has 0 radical (unpaired) electrons. The van der Waals surface area contributed by atoms with Crippen LogP contribution in [-0.4, -0.2) is 4.98 Å². The van der Waals surface area contributed by atoms with Gasteiger partial charge in [0.05, 0.1) is 5.56 Å². The number of anilines is 1. The van der Waals surface area contributed by atoms with Crippen molar-refractivity contribution >= 4 is 5.82 Å². The topological polar surface area (TPSA) is 85.1 Å². The number of nitrogens with two attached hydrogens (primary N) is 1. The smallest absolute Gasteiger partial charge is 0.416 e. The van der Waals surface area contributed by atoms with Crippen molar-refractivity contribution in [2.45, 2.75) is 38.5 Å². The van der Waals surface area contributed by atoms with Gasteiger partial charge >= 0.3 is 6.18 Å². The lowest BCUT2D eigenvalue weighted by Crippen LogP contribution is -2.11. The van der Waals surface area contributed by atoms with Crippen molar-refractivity contribution in [1.82, 2.24) is 4.98 Å². The molecule has 0 aliphatic heterocycles. The number of nitrogen functional groups attached to an aromatic ring is 1. The highest BCUT2D eigenvalue weighted by Gasteiger charge is 2.30. The number of nitrogens with zero attached hydrogens (tertiary/aromatic N) is 2. The Bertz CT molecular complexity index is 1130. The molecule has 5 nitrogen and oxygen atoms in total. The van der Waals surface area contributed by atoms with Gasteiger partial charge in [0.15, 0.2) is 0 Å². The highest BCUT2D eigenvalue weighted by atomic mass is 19.4. The fraction of sp³-hybridized carbons (Fsp3) is 0.273. The number of aromatic nitrogens is 1. The summed E-state index contributed by atoms with van der Waals surface area (Å²) in [5.41, 5.74) is 7.97. The summed E-state index contributed by atoms with van der Waals surface area (Å²) >= 11 is 0. The molecule has 3 aromatic rings. The van der Waals surface area contributed by atoms with Gasteiger partial charge in [-0.15, -0.1) is 0 Å². The van der Waals surface area contributed by atoms with Gasteiger partial charge in [-0.1, -0.05) is 6.07 Å². The van der Waals surface area contributed by atoms with Crippen molar-refractivity contribution in [3.05, 3.63) is 64.5 Å². The first kappa shape index (κ1) is 19.8. The Morgan fingerprint density at radius 2 is 1.97 bits per heavy atom. The normalized spacial score (nSPS) is 13.5. The fourth-order valence-electron chi connectivity index (χ4n) is 3.65. The van der Waals surface area contributed by atoms with Crippen LogP contribution in [0.4, 0.5) is 19.0 Å². The first-order chi connectivity index (χ1) is 14.4. The third-order valence-corrected chi connectivity index (χ3v) is 5.06. The molecule has 1 aliphatic rings. The number of rotatable bonds is 4. The van der Waals surface area contributed by atoms with Gasteiger partial charge in [-0.2, -0.15) is 18.4 Å². The van der Waals surface area contributed by atoms with E-state index in [0.29, 0.717) is 17.1 Å². The third kappa shape index (κ3) is 3.83. The van der Waals surface area contributed by atoms with Crippen LogP contribution in [0.25, 0.3) is 11.3 Å². The predicted molar refractivity (Wildman–Crippen MR) is 103 cm³/mol.